The summed E-state index contributed by atoms with van der Waals surface area (Å²) in [5.41, 5.74) is 3.23. The maximum absolute atomic E-state index is 12.0. The van der Waals surface area contributed by atoms with Gasteiger partial charge in [0.2, 0.25) is 0 Å². The van der Waals surface area contributed by atoms with Crippen LogP contribution in [0.15, 0.2) is 96.3 Å². The second-order valence-electron chi connectivity index (χ2n) is 6.34. The van der Waals surface area contributed by atoms with E-state index in [0.717, 1.165) is 16.7 Å². The smallest absolute Gasteiger partial charge is 0.142 e. The summed E-state index contributed by atoms with van der Waals surface area (Å²) in [5.74, 6) is 0. The molecular formula is C22H22N2OS. The van der Waals surface area contributed by atoms with Crippen molar-refractivity contribution in [3.8, 4) is 0 Å². The summed E-state index contributed by atoms with van der Waals surface area (Å²) < 4.78 is 2.08. The van der Waals surface area contributed by atoms with E-state index in [2.05, 4.69) is 38.0 Å². The fourth-order valence-electron chi connectivity index (χ4n) is 3.51. The van der Waals surface area contributed by atoms with Gasteiger partial charge in [-0.15, -0.1) is 0 Å². The number of aromatic nitrogens is 2. The van der Waals surface area contributed by atoms with E-state index in [9.17, 15) is 5.11 Å². The summed E-state index contributed by atoms with van der Waals surface area (Å²) in [6.45, 7) is 2.04. The van der Waals surface area contributed by atoms with Gasteiger partial charge in [-0.05, 0) is 40.0 Å². The fraction of sp³-hybridized carbons (Fsp3) is 0.136. The molecule has 1 N–H and O–H groups in total. The zero-order chi connectivity index (χ0) is 18.0. The molecule has 0 bridgehead atoms. The van der Waals surface area contributed by atoms with Crippen LogP contribution < -0.4 is 0 Å². The Morgan fingerprint density at radius 3 is 2.35 bits per heavy atom. The number of hydrogen-bond acceptors (Lipinski definition) is 2. The Balaban J connectivity index is 1.93. The van der Waals surface area contributed by atoms with Crippen LogP contribution in [-0.4, -0.2) is 14.1 Å². The third-order valence-corrected chi connectivity index (χ3v) is 8.63. The van der Waals surface area contributed by atoms with Gasteiger partial charge in [-0.25, -0.2) is 4.98 Å². The molecule has 1 aliphatic rings. The average Bonchev–Trinajstić information content (AvgIpc) is 3.39. The molecular weight excluding hydrogens is 340 g/mol. The molecule has 26 heavy (non-hydrogen) atoms. The van der Waals surface area contributed by atoms with Gasteiger partial charge >= 0.3 is 0 Å². The lowest BCUT2D eigenvalue weighted by Crippen LogP contribution is -2.32. The zero-order valence-corrected chi connectivity index (χ0v) is 15.5. The lowest BCUT2D eigenvalue weighted by atomic mass is 10.1. The van der Waals surface area contributed by atoms with Gasteiger partial charge in [0.15, 0.2) is 0 Å². The highest BCUT2D eigenvalue weighted by Gasteiger charge is 2.46. The van der Waals surface area contributed by atoms with E-state index in [-0.39, 0.29) is 0 Å². The van der Waals surface area contributed by atoms with E-state index in [1.54, 1.807) is 6.20 Å². The van der Waals surface area contributed by atoms with Gasteiger partial charge in [0.25, 0.3) is 0 Å². The van der Waals surface area contributed by atoms with E-state index in [0.29, 0.717) is 6.42 Å². The van der Waals surface area contributed by atoms with E-state index in [4.69, 9.17) is 0 Å². The molecule has 1 aliphatic heterocycles. The average molecular weight is 362 g/mol. The molecule has 0 fully saturated rings. The van der Waals surface area contributed by atoms with E-state index >= 15 is 0 Å². The summed E-state index contributed by atoms with van der Waals surface area (Å²) in [7, 11) is -1.87. The first-order chi connectivity index (χ1) is 12.7. The molecule has 0 saturated carbocycles. The number of aliphatic hydroxyl groups is 1. The molecule has 0 spiro atoms. The Labute approximate surface area is 155 Å². The molecule has 4 rings (SSSR count). The van der Waals surface area contributed by atoms with Crippen LogP contribution in [0.2, 0.25) is 0 Å². The monoisotopic (exact) mass is 362 g/mol. The quantitative estimate of drug-likeness (QED) is 0.671. The van der Waals surface area contributed by atoms with Crippen molar-refractivity contribution in [3.05, 3.63) is 107 Å². The Morgan fingerprint density at radius 2 is 1.73 bits per heavy atom. The molecule has 2 atom stereocenters. The Morgan fingerprint density at radius 1 is 1.04 bits per heavy atom. The lowest BCUT2D eigenvalue weighted by molar-refractivity contribution is 0.128. The molecule has 3 aromatic rings. The van der Waals surface area contributed by atoms with Gasteiger partial charge in [-0.3, -0.25) is 3.97 Å². The fourth-order valence-corrected chi connectivity index (χ4v) is 7.02. The van der Waals surface area contributed by atoms with Crippen LogP contribution in [0.25, 0.3) is 5.57 Å². The van der Waals surface area contributed by atoms with Gasteiger partial charge in [-0.2, -0.15) is 0 Å². The third kappa shape index (κ3) is 2.54. The molecule has 0 aliphatic carbocycles. The van der Waals surface area contributed by atoms with Crippen LogP contribution in [0.3, 0.4) is 0 Å². The molecule has 2 heterocycles. The predicted molar refractivity (Wildman–Crippen MR) is 109 cm³/mol. The SMILES string of the molecule is CCC(O)(c1ccccc1)S1(n2ccnc2)C=CC(c2ccccc2)=C1. The minimum atomic E-state index is -1.87. The van der Waals surface area contributed by atoms with Gasteiger partial charge in [0.05, 0.1) is 0 Å². The molecule has 1 aromatic heterocycles. The number of rotatable bonds is 5. The Kier molecular flexibility index (Phi) is 4.31. The second kappa shape index (κ2) is 6.63. The van der Waals surface area contributed by atoms with Crippen molar-refractivity contribution >= 4 is 15.8 Å². The summed E-state index contributed by atoms with van der Waals surface area (Å²) in [6, 6.07) is 20.3. The normalized spacial score (nSPS) is 23.8. The van der Waals surface area contributed by atoms with E-state index < -0.39 is 15.1 Å². The minimum Gasteiger partial charge on any atom is -0.375 e. The Bertz CT molecular complexity index is 935. The highest BCUT2D eigenvalue weighted by Crippen LogP contribution is 2.70. The molecule has 0 amide bonds. The molecule has 2 aromatic carbocycles. The highest BCUT2D eigenvalue weighted by atomic mass is 32.3. The topological polar surface area (TPSA) is 38.0 Å². The maximum Gasteiger partial charge on any atom is 0.142 e. The lowest BCUT2D eigenvalue weighted by Gasteiger charge is -2.48. The molecule has 0 radical (unpaired) electrons. The molecule has 0 saturated heterocycles. The van der Waals surface area contributed by atoms with Crippen LogP contribution in [-0.2, 0) is 4.93 Å². The third-order valence-electron chi connectivity index (χ3n) is 4.94. The van der Waals surface area contributed by atoms with E-state index in [1.807, 2.05) is 68.0 Å². The van der Waals surface area contributed by atoms with Crippen molar-refractivity contribution in [2.45, 2.75) is 18.3 Å². The first kappa shape index (κ1) is 16.9. The minimum absolute atomic E-state index is 0.605. The number of benzene rings is 2. The number of allylic oxidation sites excluding steroid dienone is 2. The highest BCUT2D eigenvalue weighted by molar-refractivity contribution is 8.38. The van der Waals surface area contributed by atoms with Gasteiger partial charge in [-0.1, -0.05) is 77.8 Å². The largest absolute Gasteiger partial charge is 0.375 e. The standard InChI is InChI=1S/C22H22N2OS/c1-2-22(25,21-11-7-4-8-12-21)26(24-15-14-23-18-24)16-13-20(17-26)19-9-5-3-6-10-19/h3-18,25H,2H2,1H3. The van der Waals surface area contributed by atoms with Crippen LogP contribution in [0, 0.1) is 0 Å². The second-order valence-corrected chi connectivity index (χ2v) is 9.30. The summed E-state index contributed by atoms with van der Waals surface area (Å²) >= 11 is 0. The predicted octanol–water partition coefficient (Wildman–Crippen LogP) is 5.27. The Hall–Kier alpha value is -2.56. The summed E-state index contributed by atoms with van der Waals surface area (Å²) in [4.78, 5) is 3.25. The van der Waals surface area contributed by atoms with Crippen molar-refractivity contribution in [3.63, 3.8) is 0 Å². The van der Waals surface area contributed by atoms with Crippen molar-refractivity contribution in [2.75, 3.05) is 0 Å². The van der Waals surface area contributed by atoms with Crippen LogP contribution in [0.1, 0.15) is 24.5 Å². The molecule has 4 heteroatoms. The first-order valence-electron chi connectivity index (χ1n) is 8.74. The maximum atomic E-state index is 12.0. The van der Waals surface area contributed by atoms with Crippen molar-refractivity contribution in [1.29, 1.82) is 0 Å². The molecule has 132 valence electrons. The van der Waals surface area contributed by atoms with Crippen LogP contribution >= 0.6 is 10.2 Å². The first-order valence-corrected chi connectivity index (χ1v) is 10.5. The summed E-state index contributed by atoms with van der Waals surface area (Å²) in [6.07, 6.45) is 8.28. The molecule has 2 unspecified atom stereocenters. The number of imidazole rings is 1. The zero-order valence-electron chi connectivity index (χ0n) is 14.7. The van der Waals surface area contributed by atoms with Crippen LogP contribution in [0.5, 0.6) is 0 Å². The van der Waals surface area contributed by atoms with Crippen molar-refractivity contribution < 1.29 is 5.11 Å². The van der Waals surface area contributed by atoms with E-state index in [1.165, 1.54) is 0 Å². The van der Waals surface area contributed by atoms with Gasteiger partial charge < -0.3 is 5.11 Å². The number of nitrogens with zero attached hydrogens (tertiary/aromatic N) is 2. The van der Waals surface area contributed by atoms with Crippen molar-refractivity contribution in [2.24, 2.45) is 0 Å². The number of hydrogen-bond donors (Lipinski definition) is 1. The van der Waals surface area contributed by atoms with Crippen LogP contribution in [0.4, 0.5) is 0 Å². The van der Waals surface area contributed by atoms with Gasteiger partial charge in [0.1, 0.15) is 11.3 Å². The summed E-state index contributed by atoms with van der Waals surface area (Å²) in [5, 5.41) is 16.4. The van der Waals surface area contributed by atoms with Crippen molar-refractivity contribution in [1.82, 2.24) is 8.96 Å². The molecule has 3 nitrogen and oxygen atoms in total. The van der Waals surface area contributed by atoms with Gasteiger partial charge in [0, 0.05) is 12.4 Å².